The van der Waals surface area contributed by atoms with Crippen LogP contribution in [0.25, 0.3) is 0 Å². The molecule has 18 heavy (non-hydrogen) atoms. The summed E-state index contributed by atoms with van der Waals surface area (Å²) >= 11 is 0.855. The van der Waals surface area contributed by atoms with Gasteiger partial charge in [0.2, 0.25) is 5.01 Å². The fraction of sp³-hybridized carbons (Fsp3) is 0.444. The number of hydrogen-bond donors (Lipinski definition) is 1. The van der Waals surface area contributed by atoms with Crippen molar-refractivity contribution in [2.45, 2.75) is 12.1 Å². The van der Waals surface area contributed by atoms with Gasteiger partial charge in [0.1, 0.15) is 0 Å². The number of carbonyl (C=O) groups excluding carboxylic acids is 2. The number of rotatable bonds is 2. The van der Waals surface area contributed by atoms with E-state index in [-0.39, 0.29) is 10.9 Å². The van der Waals surface area contributed by atoms with Gasteiger partial charge in [0.25, 0.3) is 0 Å². The van der Waals surface area contributed by atoms with E-state index >= 15 is 0 Å². The van der Waals surface area contributed by atoms with Crippen molar-refractivity contribution in [3.05, 3.63) is 16.1 Å². The van der Waals surface area contributed by atoms with Gasteiger partial charge >= 0.3 is 18.1 Å². The Labute approximate surface area is 103 Å². The molecule has 1 aromatic heterocycles. The second-order valence-corrected chi connectivity index (χ2v) is 4.47. The number of esters is 2. The summed E-state index contributed by atoms with van der Waals surface area (Å²) in [7, 11) is 0. The molecule has 5 nitrogen and oxygen atoms in total. The van der Waals surface area contributed by atoms with Crippen molar-refractivity contribution < 1.29 is 27.5 Å². The first kappa shape index (κ1) is 13.0. The molecule has 0 spiro atoms. The van der Waals surface area contributed by atoms with E-state index in [4.69, 9.17) is 0 Å². The molecule has 0 amide bonds. The van der Waals surface area contributed by atoms with Crippen LogP contribution < -0.4 is 5.32 Å². The van der Waals surface area contributed by atoms with Gasteiger partial charge in [0.05, 0.1) is 5.69 Å². The van der Waals surface area contributed by atoms with Crippen molar-refractivity contribution in [1.82, 2.24) is 10.3 Å². The van der Waals surface area contributed by atoms with Gasteiger partial charge in [-0.05, 0) is 0 Å². The highest BCUT2D eigenvalue weighted by Gasteiger charge is 2.43. The third kappa shape index (κ3) is 2.67. The largest absolute Gasteiger partial charge is 0.491 e. The molecule has 9 heteroatoms. The van der Waals surface area contributed by atoms with Crippen molar-refractivity contribution in [2.24, 2.45) is 0 Å². The zero-order chi connectivity index (χ0) is 13.3. The van der Waals surface area contributed by atoms with E-state index in [0.29, 0.717) is 18.8 Å². The van der Waals surface area contributed by atoms with Gasteiger partial charge in [0, 0.05) is 24.4 Å². The summed E-state index contributed by atoms with van der Waals surface area (Å²) in [5, 5.41) is 4.31. The van der Waals surface area contributed by atoms with Crippen molar-refractivity contribution in [1.29, 1.82) is 0 Å². The first-order valence-electron chi connectivity index (χ1n) is 4.87. The molecule has 0 aromatic carbocycles. The Bertz CT molecular complexity index is 482. The number of halogens is 3. The van der Waals surface area contributed by atoms with Gasteiger partial charge in [-0.3, -0.25) is 0 Å². The molecule has 0 saturated carbocycles. The molecule has 0 bridgehead atoms. The average Bonchev–Trinajstić information content (AvgIpc) is 2.62. The number of thiazole rings is 1. The molecular formula is C9H7F3N2O3S. The lowest BCUT2D eigenvalue weighted by Crippen LogP contribution is -2.40. The van der Waals surface area contributed by atoms with E-state index in [1.807, 2.05) is 0 Å². The lowest BCUT2D eigenvalue weighted by atomic mass is 10.0. The minimum absolute atomic E-state index is 0.154. The molecule has 1 aromatic rings. The smallest absolute Gasteiger partial charge is 0.381 e. The molecule has 0 aliphatic carbocycles. The SMILES string of the molecule is O=C(OC(=O)C(F)(F)F)c1nc(C2CNC2)cs1. The monoisotopic (exact) mass is 280 g/mol. The zero-order valence-electron chi connectivity index (χ0n) is 8.78. The normalized spacial score (nSPS) is 16.2. The summed E-state index contributed by atoms with van der Waals surface area (Å²) in [5.74, 6) is -3.75. The van der Waals surface area contributed by atoms with E-state index in [0.717, 1.165) is 11.3 Å². The molecule has 98 valence electrons. The number of nitrogens with zero attached hydrogens (tertiary/aromatic N) is 1. The Balaban J connectivity index is 2.00. The Morgan fingerprint density at radius 2 is 2.11 bits per heavy atom. The van der Waals surface area contributed by atoms with Crippen molar-refractivity contribution in [3.63, 3.8) is 0 Å². The molecule has 1 saturated heterocycles. The van der Waals surface area contributed by atoms with Gasteiger partial charge in [0.15, 0.2) is 0 Å². The van der Waals surface area contributed by atoms with E-state index in [2.05, 4.69) is 15.0 Å². The number of nitrogens with one attached hydrogen (secondary N) is 1. The Morgan fingerprint density at radius 1 is 1.44 bits per heavy atom. The third-order valence-corrected chi connectivity index (χ3v) is 3.15. The molecule has 1 aliphatic rings. The molecule has 0 unspecified atom stereocenters. The quantitative estimate of drug-likeness (QED) is 0.648. The van der Waals surface area contributed by atoms with E-state index in [9.17, 15) is 22.8 Å². The fourth-order valence-corrected chi connectivity index (χ4v) is 2.02. The van der Waals surface area contributed by atoms with Crippen LogP contribution >= 0.6 is 11.3 Å². The third-order valence-electron chi connectivity index (χ3n) is 2.31. The van der Waals surface area contributed by atoms with Gasteiger partial charge in [-0.15, -0.1) is 11.3 Å². The maximum absolute atomic E-state index is 11.9. The van der Waals surface area contributed by atoms with Crippen LogP contribution in [0.5, 0.6) is 0 Å². The van der Waals surface area contributed by atoms with Crippen LogP contribution in [0.1, 0.15) is 21.4 Å². The standard InChI is InChI=1S/C9H7F3N2O3S/c10-9(11,12)8(16)17-7(15)6-14-5(3-18-6)4-1-13-2-4/h3-4,13H,1-2H2. The molecule has 1 N–H and O–H groups in total. The number of alkyl halides is 3. The van der Waals surface area contributed by atoms with Crippen LogP contribution in [0.15, 0.2) is 5.38 Å². The lowest BCUT2D eigenvalue weighted by molar-refractivity contribution is -0.193. The summed E-state index contributed by atoms with van der Waals surface area (Å²) in [6, 6.07) is 0. The average molecular weight is 280 g/mol. The van der Waals surface area contributed by atoms with E-state index in [1.54, 1.807) is 5.38 Å². The molecular weight excluding hydrogens is 273 g/mol. The minimum Gasteiger partial charge on any atom is -0.381 e. The summed E-state index contributed by atoms with van der Waals surface area (Å²) in [6.45, 7) is 1.42. The van der Waals surface area contributed by atoms with Crippen molar-refractivity contribution >= 4 is 23.3 Å². The summed E-state index contributed by atoms with van der Waals surface area (Å²) in [4.78, 5) is 25.5. The van der Waals surface area contributed by atoms with Crippen LogP contribution in [0.2, 0.25) is 0 Å². The highest BCUT2D eigenvalue weighted by Crippen LogP contribution is 2.23. The molecule has 1 fully saturated rings. The van der Waals surface area contributed by atoms with Crippen LogP contribution in [0.4, 0.5) is 13.2 Å². The van der Waals surface area contributed by atoms with Gasteiger partial charge in [-0.25, -0.2) is 14.6 Å². The summed E-state index contributed by atoms with van der Waals surface area (Å²) < 4.78 is 39.3. The van der Waals surface area contributed by atoms with Crippen LogP contribution in [0, 0.1) is 0 Å². The maximum Gasteiger partial charge on any atom is 0.491 e. The maximum atomic E-state index is 11.9. The summed E-state index contributed by atoms with van der Waals surface area (Å²) in [6.07, 6.45) is -5.19. The summed E-state index contributed by atoms with van der Waals surface area (Å²) in [5.41, 5.74) is 0.616. The highest BCUT2D eigenvalue weighted by atomic mass is 32.1. The first-order valence-corrected chi connectivity index (χ1v) is 5.75. The molecule has 2 rings (SSSR count). The van der Waals surface area contributed by atoms with Crippen LogP contribution in [-0.4, -0.2) is 36.2 Å². The fourth-order valence-electron chi connectivity index (χ4n) is 1.25. The van der Waals surface area contributed by atoms with Crippen LogP contribution in [0.3, 0.4) is 0 Å². The molecule has 0 atom stereocenters. The second-order valence-electron chi connectivity index (χ2n) is 3.61. The Kier molecular flexibility index (Phi) is 3.35. The number of aromatic nitrogens is 1. The van der Waals surface area contributed by atoms with E-state index < -0.39 is 18.1 Å². The molecule has 0 radical (unpaired) electrons. The number of carbonyl (C=O) groups is 2. The van der Waals surface area contributed by atoms with Crippen LogP contribution in [-0.2, 0) is 9.53 Å². The predicted molar refractivity (Wildman–Crippen MR) is 54.2 cm³/mol. The van der Waals surface area contributed by atoms with Crippen molar-refractivity contribution in [2.75, 3.05) is 13.1 Å². The van der Waals surface area contributed by atoms with E-state index in [1.165, 1.54) is 0 Å². The second kappa shape index (κ2) is 4.65. The number of hydrogen-bond acceptors (Lipinski definition) is 6. The lowest BCUT2D eigenvalue weighted by Gasteiger charge is -2.24. The van der Waals surface area contributed by atoms with Gasteiger partial charge in [-0.1, -0.05) is 0 Å². The van der Waals surface area contributed by atoms with Gasteiger partial charge < -0.3 is 10.1 Å². The first-order chi connectivity index (χ1) is 8.38. The Hall–Kier alpha value is -1.48. The van der Waals surface area contributed by atoms with Crippen molar-refractivity contribution in [3.8, 4) is 0 Å². The Morgan fingerprint density at radius 3 is 2.61 bits per heavy atom. The predicted octanol–water partition coefficient (Wildman–Crippen LogP) is 1.08. The van der Waals surface area contributed by atoms with Gasteiger partial charge in [-0.2, -0.15) is 13.2 Å². The molecule has 2 heterocycles. The highest BCUT2D eigenvalue weighted by molar-refractivity contribution is 7.11. The molecule has 1 aliphatic heterocycles. The number of ether oxygens (including phenoxy) is 1. The zero-order valence-corrected chi connectivity index (χ0v) is 9.60. The minimum atomic E-state index is -5.19. The topological polar surface area (TPSA) is 68.3 Å².